The minimum atomic E-state index is -0.524. The van der Waals surface area contributed by atoms with Crippen LogP contribution in [0.15, 0.2) is 24.4 Å². The molecule has 2 amide bonds. The Balaban J connectivity index is 1.73. The summed E-state index contributed by atoms with van der Waals surface area (Å²) in [5.74, 6) is -0.625. The molecular formula is C16H15N3O4. The van der Waals surface area contributed by atoms with Crippen molar-refractivity contribution in [3.05, 3.63) is 40.1 Å². The van der Waals surface area contributed by atoms with Gasteiger partial charge in [0.15, 0.2) is 0 Å². The Labute approximate surface area is 132 Å². The Kier molecular flexibility index (Phi) is 2.88. The number of aryl methyl sites for hydroxylation is 1. The van der Waals surface area contributed by atoms with Gasteiger partial charge in [-0.1, -0.05) is 12.2 Å². The molecule has 1 saturated carbocycles. The van der Waals surface area contributed by atoms with Crippen molar-refractivity contribution >= 4 is 23.3 Å². The van der Waals surface area contributed by atoms with E-state index in [0.29, 0.717) is 5.56 Å². The van der Waals surface area contributed by atoms with E-state index in [1.165, 1.54) is 6.07 Å². The van der Waals surface area contributed by atoms with Crippen molar-refractivity contribution < 1.29 is 14.5 Å². The molecule has 0 aromatic carbocycles. The fourth-order valence-electron chi connectivity index (χ4n) is 4.15. The Bertz CT molecular complexity index is 741. The monoisotopic (exact) mass is 313 g/mol. The third-order valence-corrected chi connectivity index (χ3v) is 5.25. The molecule has 2 heterocycles. The highest BCUT2D eigenvalue weighted by Crippen LogP contribution is 2.50. The minimum absolute atomic E-state index is 0.116. The Morgan fingerprint density at radius 3 is 2.17 bits per heavy atom. The highest BCUT2D eigenvalue weighted by Gasteiger charge is 2.57. The van der Waals surface area contributed by atoms with Crippen molar-refractivity contribution in [3.63, 3.8) is 0 Å². The van der Waals surface area contributed by atoms with Crippen LogP contribution in [0.4, 0.5) is 11.5 Å². The summed E-state index contributed by atoms with van der Waals surface area (Å²) in [6.45, 7) is 1.58. The summed E-state index contributed by atoms with van der Waals surface area (Å²) in [6.07, 6.45) is 7.08. The van der Waals surface area contributed by atoms with Gasteiger partial charge >= 0.3 is 0 Å². The van der Waals surface area contributed by atoms with E-state index in [4.69, 9.17) is 0 Å². The zero-order valence-electron chi connectivity index (χ0n) is 12.5. The first kappa shape index (κ1) is 14.0. The van der Waals surface area contributed by atoms with Crippen LogP contribution in [0.1, 0.15) is 18.4 Å². The molecule has 7 heteroatoms. The van der Waals surface area contributed by atoms with Crippen molar-refractivity contribution in [2.45, 2.75) is 19.8 Å². The summed E-state index contributed by atoms with van der Waals surface area (Å²) in [5.41, 5.74) is 0.267. The van der Waals surface area contributed by atoms with Crippen molar-refractivity contribution in [2.24, 2.45) is 23.7 Å². The first-order valence-corrected chi connectivity index (χ1v) is 7.66. The number of pyridine rings is 1. The number of nitro groups is 1. The normalized spacial score (nSPS) is 31.6. The van der Waals surface area contributed by atoms with E-state index in [9.17, 15) is 19.7 Å². The number of rotatable bonds is 2. The molecule has 4 atom stereocenters. The van der Waals surface area contributed by atoms with Gasteiger partial charge in [0.05, 0.1) is 16.8 Å². The second-order valence-electron chi connectivity index (χ2n) is 6.44. The average molecular weight is 313 g/mol. The van der Waals surface area contributed by atoms with Gasteiger partial charge < -0.3 is 0 Å². The lowest BCUT2D eigenvalue weighted by Gasteiger charge is -2.38. The molecule has 1 saturated heterocycles. The largest absolute Gasteiger partial charge is 0.290 e. The molecule has 118 valence electrons. The maximum atomic E-state index is 12.8. The van der Waals surface area contributed by atoms with Gasteiger partial charge in [0, 0.05) is 5.56 Å². The molecule has 2 fully saturated rings. The number of nitrogens with zero attached hydrogens (tertiary/aromatic N) is 3. The van der Waals surface area contributed by atoms with Gasteiger partial charge in [-0.15, -0.1) is 0 Å². The number of hydrogen-bond acceptors (Lipinski definition) is 5. The molecule has 0 unspecified atom stereocenters. The SMILES string of the molecule is Cc1cc(N2C(=O)[C@@H]3[C@H](C2=O)[C@@H]2C=C[C@H]3CC2)ncc1[N+](=O)[O-]. The number of allylic oxidation sites excluding steroid dienone is 2. The van der Waals surface area contributed by atoms with E-state index in [0.717, 1.165) is 23.9 Å². The minimum Gasteiger partial charge on any atom is -0.274 e. The Hall–Kier alpha value is -2.57. The third kappa shape index (κ3) is 1.85. The maximum absolute atomic E-state index is 12.8. The zero-order chi connectivity index (χ0) is 16.3. The second kappa shape index (κ2) is 4.71. The molecule has 3 aliphatic carbocycles. The molecule has 5 rings (SSSR count). The number of aromatic nitrogens is 1. The Morgan fingerprint density at radius 1 is 1.17 bits per heavy atom. The van der Waals surface area contributed by atoms with E-state index in [1.54, 1.807) is 6.92 Å². The second-order valence-corrected chi connectivity index (χ2v) is 6.44. The molecule has 0 radical (unpaired) electrons. The van der Waals surface area contributed by atoms with Gasteiger partial charge in [-0.05, 0) is 37.7 Å². The average Bonchev–Trinajstić information content (AvgIpc) is 2.82. The predicted molar refractivity (Wildman–Crippen MR) is 80.5 cm³/mol. The molecule has 2 bridgehead atoms. The molecule has 1 aromatic rings. The van der Waals surface area contributed by atoms with Crippen LogP contribution >= 0.6 is 0 Å². The molecule has 1 aliphatic heterocycles. The third-order valence-electron chi connectivity index (χ3n) is 5.25. The lowest BCUT2D eigenvalue weighted by molar-refractivity contribution is -0.385. The summed E-state index contributed by atoms with van der Waals surface area (Å²) >= 11 is 0. The van der Waals surface area contributed by atoms with E-state index in [-0.39, 0.29) is 47.0 Å². The van der Waals surface area contributed by atoms with Gasteiger partial charge in [0.25, 0.3) is 5.69 Å². The molecular weight excluding hydrogens is 298 g/mol. The van der Waals surface area contributed by atoms with Gasteiger partial charge in [0.2, 0.25) is 11.8 Å². The summed E-state index contributed by atoms with van der Waals surface area (Å²) in [4.78, 5) is 41.0. The standard InChI is InChI=1S/C16H15N3O4/c1-8-6-12(17-7-11(8)19(22)23)18-15(20)13-9-2-3-10(5-4-9)14(13)16(18)21/h2-3,6-7,9-10,13-14H,4-5H2,1H3/t9-,10+,13-,14+. The molecule has 1 aromatic heterocycles. The number of imide groups is 1. The fraction of sp³-hybridized carbons (Fsp3) is 0.438. The van der Waals surface area contributed by atoms with Crippen LogP contribution in [-0.4, -0.2) is 21.7 Å². The quantitative estimate of drug-likeness (QED) is 0.360. The number of amides is 2. The summed E-state index contributed by atoms with van der Waals surface area (Å²) in [5, 5.41) is 10.9. The smallest absolute Gasteiger partial charge is 0.274 e. The molecule has 0 spiro atoms. The highest BCUT2D eigenvalue weighted by molar-refractivity contribution is 6.22. The van der Waals surface area contributed by atoms with E-state index >= 15 is 0 Å². The molecule has 23 heavy (non-hydrogen) atoms. The molecule has 0 N–H and O–H groups in total. The zero-order valence-corrected chi connectivity index (χ0v) is 12.5. The number of fused-ring (bicyclic) bond motifs is 1. The van der Waals surface area contributed by atoms with Crippen LogP contribution < -0.4 is 4.90 Å². The van der Waals surface area contributed by atoms with Crippen molar-refractivity contribution in [3.8, 4) is 0 Å². The van der Waals surface area contributed by atoms with Crippen LogP contribution in [0.5, 0.6) is 0 Å². The van der Waals surface area contributed by atoms with Crippen LogP contribution in [0, 0.1) is 40.7 Å². The summed E-state index contributed by atoms with van der Waals surface area (Å²) < 4.78 is 0. The van der Waals surface area contributed by atoms with E-state index in [2.05, 4.69) is 17.1 Å². The number of carbonyl (C=O) groups is 2. The maximum Gasteiger partial charge on any atom is 0.290 e. The number of anilines is 1. The summed E-state index contributed by atoms with van der Waals surface area (Å²) in [6, 6.07) is 1.45. The van der Waals surface area contributed by atoms with Crippen LogP contribution in [0.3, 0.4) is 0 Å². The van der Waals surface area contributed by atoms with Crippen LogP contribution in [0.25, 0.3) is 0 Å². The lowest BCUT2D eigenvalue weighted by atomic mass is 9.63. The van der Waals surface area contributed by atoms with Crippen molar-refractivity contribution in [1.29, 1.82) is 0 Å². The van der Waals surface area contributed by atoms with Gasteiger partial charge in [-0.2, -0.15) is 0 Å². The first-order chi connectivity index (χ1) is 11.0. The fourth-order valence-corrected chi connectivity index (χ4v) is 4.15. The summed E-state index contributed by atoms with van der Waals surface area (Å²) in [7, 11) is 0. The number of carbonyl (C=O) groups excluding carboxylic acids is 2. The van der Waals surface area contributed by atoms with Gasteiger partial charge in [-0.25, -0.2) is 9.88 Å². The highest BCUT2D eigenvalue weighted by atomic mass is 16.6. The number of hydrogen-bond donors (Lipinski definition) is 0. The lowest BCUT2D eigenvalue weighted by Crippen LogP contribution is -2.38. The first-order valence-electron chi connectivity index (χ1n) is 7.66. The molecule has 7 nitrogen and oxygen atoms in total. The molecule has 4 aliphatic rings. The van der Waals surface area contributed by atoms with Gasteiger partial charge in [0.1, 0.15) is 12.0 Å². The van der Waals surface area contributed by atoms with Gasteiger partial charge in [-0.3, -0.25) is 19.7 Å². The van der Waals surface area contributed by atoms with Crippen molar-refractivity contribution in [1.82, 2.24) is 4.98 Å². The van der Waals surface area contributed by atoms with Crippen molar-refractivity contribution in [2.75, 3.05) is 4.90 Å². The van der Waals surface area contributed by atoms with E-state index < -0.39 is 4.92 Å². The topological polar surface area (TPSA) is 93.4 Å². The van der Waals surface area contributed by atoms with Crippen LogP contribution in [-0.2, 0) is 9.59 Å². The Morgan fingerprint density at radius 2 is 1.74 bits per heavy atom. The van der Waals surface area contributed by atoms with E-state index in [1.807, 2.05) is 0 Å². The predicted octanol–water partition coefficient (Wildman–Crippen LogP) is 2.00. The van der Waals surface area contributed by atoms with Crippen LogP contribution in [0.2, 0.25) is 0 Å².